The molecule has 1 amide bonds. The van der Waals surface area contributed by atoms with Crippen LogP contribution in [0.25, 0.3) is 0 Å². The van der Waals surface area contributed by atoms with Gasteiger partial charge in [-0.15, -0.1) is 0 Å². The largest absolute Gasteiger partial charge is 0.394 e. The van der Waals surface area contributed by atoms with Gasteiger partial charge in [-0.3, -0.25) is 4.79 Å². The molecule has 360 valence electrons. The molecule has 7 atom stereocenters. The molecule has 1 heterocycles. The molecule has 0 aromatic carbocycles. The number of nitrogens with one attached hydrogen (secondary N) is 1. The zero-order valence-corrected chi connectivity index (χ0v) is 39.6. The van der Waals surface area contributed by atoms with Gasteiger partial charge in [0.2, 0.25) is 5.91 Å². The van der Waals surface area contributed by atoms with Crippen molar-refractivity contribution in [2.75, 3.05) is 13.2 Å². The molecule has 6 N–H and O–H groups in total. The maximum atomic E-state index is 12.9. The quantitative estimate of drug-likeness (QED) is 0.0262. The Morgan fingerprint density at radius 3 is 1.48 bits per heavy atom. The number of rotatable bonds is 42. The third-order valence-electron chi connectivity index (χ3n) is 11.8. The van der Waals surface area contributed by atoms with Gasteiger partial charge in [0.05, 0.1) is 25.4 Å². The highest BCUT2D eigenvalue weighted by Crippen LogP contribution is 2.23. The molecular weight excluding hydrogens is 779 g/mol. The predicted molar refractivity (Wildman–Crippen MR) is 258 cm³/mol. The van der Waals surface area contributed by atoms with Crippen molar-refractivity contribution in [3.8, 4) is 0 Å². The number of carbonyl (C=O) groups is 1. The Labute approximate surface area is 379 Å². The summed E-state index contributed by atoms with van der Waals surface area (Å²) in [7, 11) is 0. The van der Waals surface area contributed by atoms with Crippen LogP contribution < -0.4 is 5.32 Å². The molecule has 1 aliphatic heterocycles. The van der Waals surface area contributed by atoms with E-state index < -0.39 is 49.5 Å². The van der Waals surface area contributed by atoms with Gasteiger partial charge >= 0.3 is 0 Å². The molecule has 0 aromatic rings. The standard InChI is InChI=1S/C53H95NO8/c1-3-5-7-9-11-12-13-14-15-16-17-18-19-20-21-22-23-24-25-26-27-28-29-30-31-32-33-34-35-36-37-39-41-43-49(57)54-46(47(56)42-40-38-10-8-6-4-2)45-61-53-52(60)51(59)50(58)48(44-55)62-53/h5,7,11-12,14-15,17-18,40,42,46-48,50-53,55-56,58-60H,3-4,6,8-10,13,16,19-39,41,43-45H2,1-2H3,(H,54,57)/b7-5-,12-11-,15-14-,18-17-,42-40+. The first kappa shape index (κ1) is 57.9. The van der Waals surface area contributed by atoms with Crippen molar-refractivity contribution >= 4 is 5.91 Å². The number of carbonyl (C=O) groups excluding carboxylic acids is 1. The summed E-state index contributed by atoms with van der Waals surface area (Å²) in [5, 5.41) is 53.9. The van der Waals surface area contributed by atoms with Crippen LogP contribution in [0.5, 0.6) is 0 Å². The lowest BCUT2D eigenvalue weighted by molar-refractivity contribution is -0.302. The van der Waals surface area contributed by atoms with Gasteiger partial charge in [0, 0.05) is 6.42 Å². The van der Waals surface area contributed by atoms with E-state index in [0.717, 1.165) is 70.6 Å². The van der Waals surface area contributed by atoms with Gasteiger partial charge in [-0.2, -0.15) is 0 Å². The molecule has 0 spiro atoms. The van der Waals surface area contributed by atoms with Gasteiger partial charge < -0.3 is 40.3 Å². The van der Waals surface area contributed by atoms with Crippen LogP contribution in [0.4, 0.5) is 0 Å². The summed E-state index contributed by atoms with van der Waals surface area (Å²) in [5.74, 6) is -0.182. The first-order valence-electron chi connectivity index (χ1n) is 25.5. The van der Waals surface area contributed by atoms with Crippen molar-refractivity contribution in [2.24, 2.45) is 0 Å². The van der Waals surface area contributed by atoms with Crippen molar-refractivity contribution < 1.29 is 39.8 Å². The number of ether oxygens (including phenoxy) is 2. The second-order valence-corrected chi connectivity index (χ2v) is 17.6. The highest BCUT2D eigenvalue weighted by Gasteiger charge is 2.44. The smallest absolute Gasteiger partial charge is 0.220 e. The molecule has 0 aromatic heterocycles. The van der Waals surface area contributed by atoms with E-state index in [2.05, 4.69) is 67.8 Å². The second-order valence-electron chi connectivity index (χ2n) is 17.6. The summed E-state index contributed by atoms with van der Waals surface area (Å²) < 4.78 is 11.1. The van der Waals surface area contributed by atoms with E-state index in [9.17, 15) is 30.3 Å². The SMILES string of the molecule is CC/C=C\C/C=C\C/C=C\C/C=C\CCCCCCCCCCCCCCCCCCCCCCC(=O)NC(COC1OC(CO)C(O)C(O)C1O)C(O)/C=C/CCCCCC. The molecule has 0 aliphatic carbocycles. The van der Waals surface area contributed by atoms with Crippen LogP contribution in [-0.2, 0) is 14.3 Å². The molecular formula is C53H95NO8. The highest BCUT2D eigenvalue weighted by atomic mass is 16.7. The van der Waals surface area contributed by atoms with Crippen LogP contribution in [0.15, 0.2) is 60.8 Å². The molecule has 1 fully saturated rings. The fourth-order valence-corrected chi connectivity index (χ4v) is 7.79. The van der Waals surface area contributed by atoms with Crippen LogP contribution >= 0.6 is 0 Å². The lowest BCUT2D eigenvalue weighted by Crippen LogP contribution is -2.60. The lowest BCUT2D eigenvalue weighted by Gasteiger charge is -2.40. The Morgan fingerprint density at radius 1 is 0.565 bits per heavy atom. The van der Waals surface area contributed by atoms with E-state index >= 15 is 0 Å². The summed E-state index contributed by atoms with van der Waals surface area (Å²) in [6.07, 6.45) is 50.5. The number of unbranched alkanes of at least 4 members (excludes halogenated alkanes) is 24. The second kappa shape index (κ2) is 42.8. The first-order chi connectivity index (χ1) is 30.3. The average molecular weight is 874 g/mol. The van der Waals surface area contributed by atoms with Gasteiger partial charge in [-0.05, 0) is 57.8 Å². The number of hydrogen-bond acceptors (Lipinski definition) is 8. The number of aliphatic hydroxyl groups excluding tert-OH is 5. The van der Waals surface area contributed by atoms with Gasteiger partial charge in [0.1, 0.15) is 24.4 Å². The Balaban J connectivity index is 2.03. The zero-order chi connectivity index (χ0) is 45.1. The monoisotopic (exact) mass is 874 g/mol. The number of amides is 1. The van der Waals surface area contributed by atoms with Crippen LogP contribution in [-0.4, -0.2) is 87.5 Å². The minimum Gasteiger partial charge on any atom is -0.394 e. The average Bonchev–Trinajstić information content (AvgIpc) is 3.27. The summed E-state index contributed by atoms with van der Waals surface area (Å²) in [4.78, 5) is 12.9. The molecule has 62 heavy (non-hydrogen) atoms. The van der Waals surface area contributed by atoms with Crippen molar-refractivity contribution in [3.63, 3.8) is 0 Å². The number of hydrogen-bond donors (Lipinski definition) is 6. The third kappa shape index (κ3) is 32.5. The lowest BCUT2D eigenvalue weighted by atomic mass is 9.99. The third-order valence-corrected chi connectivity index (χ3v) is 11.8. The topological polar surface area (TPSA) is 149 Å². The van der Waals surface area contributed by atoms with Crippen LogP contribution in [0, 0.1) is 0 Å². The summed E-state index contributed by atoms with van der Waals surface area (Å²) >= 11 is 0. The fourth-order valence-electron chi connectivity index (χ4n) is 7.79. The predicted octanol–water partition coefficient (Wildman–Crippen LogP) is 11.6. The molecule has 0 saturated carbocycles. The van der Waals surface area contributed by atoms with E-state index in [-0.39, 0.29) is 12.5 Å². The van der Waals surface area contributed by atoms with Gasteiger partial charge in [0.15, 0.2) is 6.29 Å². The summed E-state index contributed by atoms with van der Waals surface area (Å²) in [5.41, 5.74) is 0. The van der Waals surface area contributed by atoms with Gasteiger partial charge in [0.25, 0.3) is 0 Å². The number of allylic oxidation sites excluding steroid dienone is 9. The minimum absolute atomic E-state index is 0.182. The van der Waals surface area contributed by atoms with E-state index in [1.54, 1.807) is 6.08 Å². The van der Waals surface area contributed by atoms with Crippen molar-refractivity contribution in [1.29, 1.82) is 0 Å². The van der Waals surface area contributed by atoms with E-state index in [0.29, 0.717) is 6.42 Å². The molecule has 0 radical (unpaired) electrons. The summed E-state index contributed by atoms with van der Waals surface area (Å²) in [6, 6.07) is -0.801. The maximum absolute atomic E-state index is 12.9. The van der Waals surface area contributed by atoms with Crippen LogP contribution in [0.1, 0.15) is 213 Å². The molecule has 9 heteroatoms. The molecule has 9 nitrogen and oxygen atoms in total. The van der Waals surface area contributed by atoms with E-state index in [1.807, 2.05) is 6.08 Å². The van der Waals surface area contributed by atoms with Gasteiger partial charge in [-0.25, -0.2) is 0 Å². The highest BCUT2D eigenvalue weighted by molar-refractivity contribution is 5.76. The summed E-state index contributed by atoms with van der Waals surface area (Å²) in [6.45, 7) is 3.57. The maximum Gasteiger partial charge on any atom is 0.220 e. The van der Waals surface area contributed by atoms with Crippen LogP contribution in [0.2, 0.25) is 0 Å². The zero-order valence-electron chi connectivity index (χ0n) is 39.6. The van der Waals surface area contributed by atoms with Crippen molar-refractivity contribution in [1.82, 2.24) is 5.32 Å². The Bertz CT molecular complexity index is 1150. The van der Waals surface area contributed by atoms with Crippen molar-refractivity contribution in [3.05, 3.63) is 60.8 Å². The number of aliphatic hydroxyl groups is 5. The Kier molecular flexibility index (Phi) is 40.0. The molecule has 7 unspecified atom stereocenters. The molecule has 1 aliphatic rings. The van der Waals surface area contributed by atoms with E-state index in [1.165, 1.54) is 122 Å². The Morgan fingerprint density at radius 2 is 1.00 bits per heavy atom. The minimum atomic E-state index is -1.56. The molecule has 1 rings (SSSR count). The normalized spacial score (nSPS) is 20.8. The van der Waals surface area contributed by atoms with Crippen molar-refractivity contribution in [2.45, 2.75) is 256 Å². The molecule has 1 saturated heterocycles. The van der Waals surface area contributed by atoms with Gasteiger partial charge in [-0.1, -0.05) is 209 Å². The Hall–Kier alpha value is -2.11. The fraction of sp³-hybridized carbons (Fsp3) is 0.792. The van der Waals surface area contributed by atoms with Crippen LogP contribution in [0.3, 0.4) is 0 Å². The first-order valence-corrected chi connectivity index (χ1v) is 25.5. The molecule has 0 bridgehead atoms. The van der Waals surface area contributed by atoms with E-state index in [4.69, 9.17) is 9.47 Å².